The quantitative estimate of drug-likeness (QED) is 0.782. The van der Waals surface area contributed by atoms with Gasteiger partial charge in [0.2, 0.25) is 11.8 Å². The average molecular weight is 302 g/mol. The summed E-state index contributed by atoms with van der Waals surface area (Å²) < 4.78 is 0. The molecule has 118 valence electrons. The number of nitrogens with zero attached hydrogens (tertiary/aromatic N) is 1. The number of aliphatic hydroxyl groups is 1. The highest BCUT2D eigenvalue weighted by Gasteiger charge is 2.19. The van der Waals surface area contributed by atoms with E-state index in [-0.39, 0.29) is 30.7 Å². The van der Waals surface area contributed by atoms with Crippen LogP contribution in [0.1, 0.15) is 25.8 Å². The Bertz CT molecular complexity index is 576. The fourth-order valence-corrected chi connectivity index (χ4v) is 1.76. The SMILES string of the molecule is C#Cc1cccc(NC(=O)CN(C)C(=O)CC(O)C(C)C)c1. The summed E-state index contributed by atoms with van der Waals surface area (Å²) in [6.07, 6.45) is 4.61. The summed E-state index contributed by atoms with van der Waals surface area (Å²) >= 11 is 0. The number of carbonyl (C=O) groups is 2. The normalized spacial score (nSPS) is 11.6. The van der Waals surface area contributed by atoms with Crippen molar-refractivity contribution in [3.8, 4) is 12.3 Å². The number of hydrogen-bond acceptors (Lipinski definition) is 3. The average Bonchev–Trinajstić information content (AvgIpc) is 2.46. The smallest absolute Gasteiger partial charge is 0.243 e. The van der Waals surface area contributed by atoms with Crippen LogP contribution in [0.25, 0.3) is 0 Å². The Morgan fingerprint density at radius 1 is 1.41 bits per heavy atom. The van der Waals surface area contributed by atoms with Gasteiger partial charge >= 0.3 is 0 Å². The van der Waals surface area contributed by atoms with Crippen LogP contribution in [0.3, 0.4) is 0 Å². The number of carbonyl (C=O) groups excluding carboxylic acids is 2. The molecule has 0 bridgehead atoms. The highest BCUT2D eigenvalue weighted by atomic mass is 16.3. The number of anilines is 1. The standard InChI is InChI=1S/C17H22N2O3/c1-5-13-7-6-8-14(9-13)18-16(21)11-19(4)17(22)10-15(20)12(2)3/h1,6-9,12,15,20H,10-11H2,2-4H3,(H,18,21). The van der Waals surface area contributed by atoms with Gasteiger partial charge in [0, 0.05) is 18.3 Å². The molecule has 0 aliphatic heterocycles. The summed E-state index contributed by atoms with van der Waals surface area (Å²) in [6.45, 7) is 3.59. The molecule has 0 fully saturated rings. The molecule has 0 aromatic heterocycles. The first-order chi connectivity index (χ1) is 10.3. The molecule has 0 aliphatic rings. The minimum absolute atomic E-state index is 0.00215. The van der Waals surface area contributed by atoms with Crippen LogP contribution in [0, 0.1) is 18.3 Å². The molecule has 1 rings (SSSR count). The molecule has 1 unspecified atom stereocenters. The van der Waals surface area contributed by atoms with E-state index in [2.05, 4.69) is 11.2 Å². The van der Waals surface area contributed by atoms with Crippen molar-refractivity contribution in [2.75, 3.05) is 18.9 Å². The predicted octanol–water partition coefficient (Wildman–Crippen LogP) is 1.47. The third-order valence-electron chi connectivity index (χ3n) is 3.27. The Morgan fingerprint density at radius 3 is 2.68 bits per heavy atom. The van der Waals surface area contributed by atoms with Crippen LogP contribution in [0.2, 0.25) is 0 Å². The lowest BCUT2D eigenvalue weighted by atomic mass is 10.0. The molecule has 0 heterocycles. The number of rotatable bonds is 6. The van der Waals surface area contributed by atoms with Crippen LogP contribution in [0.4, 0.5) is 5.69 Å². The third-order valence-corrected chi connectivity index (χ3v) is 3.27. The molecule has 0 radical (unpaired) electrons. The van der Waals surface area contributed by atoms with E-state index in [0.29, 0.717) is 11.3 Å². The molecule has 0 aliphatic carbocycles. The summed E-state index contributed by atoms with van der Waals surface area (Å²) in [5, 5.41) is 12.4. The van der Waals surface area contributed by atoms with Gasteiger partial charge in [-0.2, -0.15) is 0 Å². The molecule has 0 saturated carbocycles. The molecule has 2 N–H and O–H groups in total. The Balaban J connectivity index is 2.53. The van der Waals surface area contributed by atoms with E-state index in [0.717, 1.165) is 0 Å². The zero-order valence-electron chi connectivity index (χ0n) is 13.2. The van der Waals surface area contributed by atoms with Crippen LogP contribution in [-0.2, 0) is 9.59 Å². The Hall–Kier alpha value is -2.32. The van der Waals surface area contributed by atoms with E-state index >= 15 is 0 Å². The van der Waals surface area contributed by atoms with Crippen LogP contribution in [0.5, 0.6) is 0 Å². The third kappa shape index (κ3) is 5.58. The molecule has 0 saturated heterocycles. The Morgan fingerprint density at radius 2 is 2.09 bits per heavy atom. The lowest BCUT2D eigenvalue weighted by Gasteiger charge is -2.20. The van der Waals surface area contributed by atoms with E-state index in [1.807, 2.05) is 13.8 Å². The van der Waals surface area contributed by atoms with Crippen molar-refractivity contribution in [1.29, 1.82) is 0 Å². The minimum Gasteiger partial charge on any atom is -0.392 e. The van der Waals surface area contributed by atoms with Crippen LogP contribution in [-0.4, -0.2) is 41.5 Å². The zero-order valence-corrected chi connectivity index (χ0v) is 13.2. The van der Waals surface area contributed by atoms with Crippen molar-refractivity contribution in [3.63, 3.8) is 0 Å². The van der Waals surface area contributed by atoms with Gasteiger partial charge in [-0.25, -0.2) is 0 Å². The molecule has 1 aromatic carbocycles. The molecule has 1 atom stereocenters. The number of likely N-dealkylation sites (N-methyl/N-ethyl adjacent to an activating group) is 1. The highest BCUT2D eigenvalue weighted by Crippen LogP contribution is 2.10. The lowest BCUT2D eigenvalue weighted by molar-refractivity contribution is -0.135. The van der Waals surface area contributed by atoms with E-state index in [4.69, 9.17) is 6.42 Å². The first-order valence-electron chi connectivity index (χ1n) is 7.12. The van der Waals surface area contributed by atoms with Crippen LogP contribution >= 0.6 is 0 Å². The summed E-state index contributed by atoms with van der Waals surface area (Å²) in [6, 6.07) is 6.92. The molecule has 5 nitrogen and oxygen atoms in total. The highest BCUT2D eigenvalue weighted by molar-refractivity contribution is 5.94. The lowest BCUT2D eigenvalue weighted by Crippen LogP contribution is -2.37. The van der Waals surface area contributed by atoms with Gasteiger partial charge in [-0.1, -0.05) is 25.8 Å². The molecular weight excluding hydrogens is 280 g/mol. The molecule has 1 aromatic rings. The maximum atomic E-state index is 11.9. The van der Waals surface area contributed by atoms with Gasteiger partial charge < -0.3 is 15.3 Å². The molecule has 2 amide bonds. The minimum atomic E-state index is -0.703. The number of hydrogen-bond donors (Lipinski definition) is 2. The van der Waals surface area contributed by atoms with Gasteiger partial charge in [0.05, 0.1) is 19.1 Å². The molecular formula is C17H22N2O3. The van der Waals surface area contributed by atoms with Crippen molar-refractivity contribution in [1.82, 2.24) is 4.90 Å². The van der Waals surface area contributed by atoms with Crippen molar-refractivity contribution in [3.05, 3.63) is 29.8 Å². The van der Waals surface area contributed by atoms with Gasteiger partial charge in [0.15, 0.2) is 0 Å². The maximum absolute atomic E-state index is 11.9. The number of benzene rings is 1. The molecule has 0 spiro atoms. The number of terminal acetylenes is 1. The monoisotopic (exact) mass is 302 g/mol. The fourth-order valence-electron chi connectivity index (χ4n) is 1.76. The van der Waals surface area contributed by atoms with E-state index < -0.39 is 6.10 Å². The second kappa shape index (κ2) is 8.20. The molecule has 5 heteroatoms. The predicted molar refractivity (Wildman–Crippen MR) is 86.1 cm³/mol. The number of amides is 2. The van der Waals surface area contributed by atoms with E-state index in [1.165, 1.54) is 11.9 Å². The van der Waals surface area contributed by atoms with Gasteiger partial charge in [0.1, 0.15) is 0 Å². The number of aliphatic hydroxyl groups excluding tert-OH is 1. The first kappa shape index (κ1) is 17.7. The number of nitrogens with one attached hydrogen (secondary N) is 1. The van der Waals surface area contributed by atoms with E-state index in [1.54, 1.807) is 24.3 Å². The maximum Gasteiger partial charge on any atom is 0.243 e. The van der Waals surface area contributed by atoms with Crippen LogP contribution < -0.4 is 5.32 Å². The first-order valence-corrected chi connectivity index (χ1v) is 7.12. The topological polar surface area (TPSA) is 69.6 Å². The van der Waals surface area contributed by atoms with Gasteiger partial charge in [0.25, 0.3) is 0 Å². The Labute approximate surface area is 131 Å². The second-order valence-corrected chi connectivity index (χ2v) is 5.54. The summed E-state index contributed by atoms with van der Waals surface area (Å²) in [5.74, 6) is 1.90. The van der Waals surface area contributed by atoms with Crippen LogP contribution in [0.15, 0.2) is 24.3 Å². The van der Waals surface area contributed by atoms with Crippen molar-refractivity contribution in [2.45, 2.75) is 26.4 Å². The second-order valence-electron chi connectivity index (χ2n) is 5.54. The van der Waals surface area contributed by atoms with Crippen molar-refractivity contribution >= 4 is 17.5 Å². The zero-order chi connectivity index (χ0) is 16.7. The summed E-state index contributed by atoms with van der Waals surface area (Å²) in [5.41, 5.74) is 1.26. The fraction of sp³-hybridized carbons (Fsp3) is 0.412. The van der Waals surface area contributed by atoms with Gasteiger partial charge in [-0.3, -0.25) is 9.59 Å². The molecule has 22 heavy (non-hydrogen) atoms. The largest absolute Gasteiger partial charge is 0.392 e. The summed E-state index contributed by atoms with van der Waals surface area (Å²) in [4.78, 5) is 25.1. The Kier molecular flexibility index (Phi) is 6.61. The van der Waals surface area contributed by atoms with Crippen molar-refractivity contribution < 1.29 is 14.7 Å². The summed E-state index contributed by atoms with van der Waals surface area (Å²) in [7, 11) is 1.53. The van der Waals surface area contributed by atoms with E-state index in [9.17, 15) is 14.7 Å². The van der Waals surface area contributed by atoms with Gasteiger partial charge in [-0.15, -0.1) is 6.42 Å². The van der Waals surface area contributed by atoms with Crippen molar-refractivity contribution in [2.24, 2.45) is 5.92 Å². The van der Waals surface area contributed by atoms with Gasteiger partial charge in [-0.05, 0) is 24.1 Å².